The molecule has 0 amide bonds. The van der Waals surface area contributed by atoms with Gasteiger partial charge in [0.15, 0.2) is 0 Å². The zero-order valence-electron chi connectivity index (χ0n) is 22.6. The fraction of sp³-hybridized carbons (Fsp3) is 0. The molecule has 0 fully saturated rings. The summed E-state index contributed by atoms with van der Waals surface area (Å²) < 4.78 is 11.1. The highest BCUT2D eigenvalue weighted by Crippen LogP contribution is 2.45. The Morgan fingerprint density at radius 2 is 0.810 bits per heavy atom. The minimum Gasteiger partial charge on any atom is -0.445 e. The van der Waals surface area contributed by atoms with Gasteiger partial charge in [0.1, 0.15) is 12.5 Å². The average Bonchev–Trinajstić information content (AvgIpc) is 3.80. The Kier molecular flexibility index (Phi) is 5.75. The largest absolute Gasteiger partial charge is 0.445 e. The van der Waals surface area contributed by atoms with Crippen molar-refractivity contribution < 1.29 is 8.83 Å². The van der Waals surface area contributed by atoms with Crippen molar-refractivity contribution in [2.75, 3.05) is 0 Å². The van der Waals surface area contributed by atoms with E-state index in [0.717, 1.165) is 22.3 Å². The fourth-order valence-corrected chi connectivity index (χ4v) is 5.90. The van der Waals surface area contributed by atoms with Gasteiger partial charge in [-0.1, -0.05) is 91.0 Å². The third kappa shape index (κ3) is 4.09. The smallest absolute Gasteiger partial charge is 0.225 e. The van der Waals surface area contributed by atoms with Gasteiger partial charge in [-0.15, -0.1) is 0 Å². The molecule has 0 unspecified atom stereocenters. The Morgan fingerprint density at radius 3 is 1.33 bits per heavy atom. The molecule has 0 saturated carbocycles. The number of hydrogen-bond donors (Lipinski definition) is 0. The number of hydrogen-bond acceptors (Lipinski definition) is 4. The van der Waals surface area contributed by atoms with Gasteiger partial charge in [-0.05, 0) is 85.3 Å². The van der Waals surface area contributed by atoms with Gasteiger partial charge in [0.05, 0.1) is 12.4 Å². The second kappa shape index (κ2) is 10.0. The molecule has 6 aromatic carbocycles. The second-order valence-corrected chi connectivity index (χ2v) is 10.3. The Hall–Kier alpha value is -5.74. The zero-order chi connectivity index (χ0) is 27.9. The van der Waals surface area contributed by atoms with Crippen molar-refractivity contribution >= 4 is 21.5 Å². The molecule has 198 valence electrons. The van der Waals surface area contributed by atoms with E-state index in [9.17, 15) is 0 Å². The van der Waals surface area contributed by atoms with Gasteiger partial charge in [-0.2, -0.15) is 0 Å². The van der Waals surface area contributed by atoms with Gasteiger partial charge in [-0.3, -0.25) is 0 Å². The van der Waals surface area contributed by atoms with Crippen molar-refractivity contribution in [1.82, 2.24) is 9.97 Å². The van der Waals surface area contributed by atoms with Gasteiger partial charge in [0.25, 0.3) is 0 Å². The van der Waals surface area contributed by atoms with Crippen LogP contribution < -0.4 is 0 Å². The Labute approximate surface area is 242 Å². The quantitative estimate of drug-likeness (QED) is 0.204. The number of rotatable bonds is 5. The summed E-state index contributed by atoms with van der Waals surface area (Å²) in [5.41, 5.74) is 8.97. The van der Waals surface area contributed by atoms with Crippen molar-refractivity contribution in [2.45, 2.75) is 0 Å². The van der Waals surface area contributed by atoms with Gasteiger partial charge < -0.3 is 8.83 Å². The number of benzene rings is 6. The van der Waals surface area contributed by atoms with E-state index in [0.29, 0.717) is 11.8 Å². The molecule has 8 rings (SSSR count). The molecule has 0 bridgehead atoms. The predicted molar refractivity (Wildman–Crippen MR) is 169 cm³/mol. The zero-order valence-corrected chi connectivity index (χ0v) is 22.6. The normalized spacial score (nSPS) is 11.3. The summed E-state index contributed by atoms with van der Waals surface area (Å²) in [6, 6.07) is 43.1. The van der Waals surface area contributed by atoms with Crippen molar-refractivity contribution in [3.63, 3.8) is 0 Å². The number of fused-ring (bicyclic) bond motifs is 2. The van der Waals surface area contributed by atoms with Gasteiger partial charge in [-0.25, -0.2) is 9.97 Å². The van der Waals surface area contributed by atoms with Crippen molar-refractivity contribution in [3.8, 4) is 56.3 Å². The molecule has 8 aromatic rings. The van der Waals surface area contributed by atoms with Crippen LogP contribution in [0.4, 0.5) is 0 Å². The maximum Gasteiger partial charge on any atom is 0.225 e. The first kappa shape index (κ1) is 24.1. The molecule has 0 spiro atoms. The van der Waals surface area contributed by atoms with E-state index in [-0.39, 0.29) is 0 Å². The van der Waals surface area contributed by atoms with Crippen LogP contribution in [0.5, 0.6) is 0 Å². The van der Waals surface area contributed by atoms with E-state index in [1.54, 1.807) is 24.9 Å². The van der Waals surface area contributed by atoms with Crippen molar-refractivity contribution in [3.05, 3.63) is 146 Å². The summed E-state index contributed by atoms with van der Waals surface area (Å²) in [7, 11) is 0. The van der Waals surface area contributed by atoms with E-state index in [1.807, 2.05) is 0 Å². The molecule has 0 N–H and O–H groups in total. The maximum atomic E-state index is 5.55. The first-order valence-corrected chi connectivity index (χ1v) is 13.9. The molecule has 2 heterocycles. The lowest BCUT2D eigenvalue weighted by Crippen LogP contribution is -1.92. The molecule has 4 nitrogen and oxygen atoms in total. The van der Waals surface area contributed by atoms with Crippen LogP contribution in [0, 0.1) is 0 Å². The Bertz CT molecular complexity index is 2150. The minimum atomic E-state index is 0.617. The predicted octanol–water partition coefficient (Wildman–Crippen LogP) is 10.3. The number of nitrogens with zero attached hydrogens (tertiary/aromatic N) is 2. The first-order chi connectivity index (χ1) is 20.8. The van der Waals surface area contributed by atoms with E-state index in [2.05, 4.69) is 131 Å². The highest BCUT2D eigenvalue weighted by molar-refractivity contribution is 6.22. The maximum absolute atomic E-state index is 5.55. The standard InChI is InChI=1S/C38H24N2O2/c1-2-6-25(7-3-1)30-18-19-33-34(24-30)36(27-12-16-29(17-13-27)38-40-21-23-42-38)32-9-5-4-8-31(32)35(33)26-10-14-28(15-11-26)37-39-20-22-41-37/h1-24H. The van der Waals surface area contributed by atoms with E-state index < -0.39 is 0 Å². The molecule has 0 aliphatic rings. The van der Waals surface area contributed by atoms with E-state index >= 15 is 0 Å². The van der Waals surface area contributed by atoms with Crippen LogP contribution in [0.15, 0.2) is 155 Å². The molecular formula is C38H24N2O2. The van der Waals surface area contributed by atoms with Crippen LogP contribution in [0.3, 0.4) is 0 Å². The molecule has 0 atom stereocenters. The molecule has 42 heavy (non-hydrogen) atoms. The highest BCUT2D eigenvalue weighted by Gasteiger charge is 2.18. The lowest BCUT2D eigenvalue weighted by atomic mass is 9.84. The van der Waals surface area contributed by atoms with Crippen LogP contribution in [0.25, 0.3) is 77.8 Å². The Balaban J connectivity index is 1.40. The summed E-state index contributed by atoms with van der Waals surface area (Å²) in [6.45, 7) is 0. The summed E-state index contributed by atoms with van der Waals surface area (Å²) >= 11 is 0. The lowest BCUT2D eigenvalue weighted by Gasteiger charge is -2.19. The molecular weight excluding hydrogens is 516 g/mol. The van der Waals surface area contributed by atoms with E-state index in [1.165, 1.54) is 43.8 Å². The van der Waals surface area contributed by atoms with Crippen LogP contribution in [-0.2, 0) is 0 Å². The molecule has 0 radical (unpaired) electrons. The second-order valence-electron chi connectivity index (χ2n) is 10.3. The number of oxazole rings is 2. The summed E-state index contributed by atoms with van der Waals surface area (Å²) in [5, 5.41) is 4.80. The van der Waals surface area contributed by atoms with Crippen LogP contribution >= 0.6 is 0 Å². The summed E-state index contributed by atoms with van der Waals surface area (Å²) in [6.07, 6.45) is 6.55. The first-order valence-electron chi connectivity index (χ1n) is 13.9. The fourth-order valence-electron chi connectivity index (χ4n) is 5.90. The monoisotopic (exact) mass is 540 g/mol. The van der Waals surface area contributed by atoms with Crippen molar-refractivity contribution in [1.29, 1.82) is 0 Å². The van der Waals surface area contributed by atoms with Gasteiger partial charge >= 0.3 is 0 Å². The molecule has 0 aliphatic heterocycles. The highest BCUT2D eigenvalue weighted by atomic mass is 16.3. The number of aromatic nitrogens is 2. The lowest BCUT2D eigenvalue weighted by molar-refractivity contribution is 0.574. The third-order valence-corrected chi connectivity index (χ3v) is 7.84. The summed E-state index contributed by atoms with van der Waals surface area (Å²) in [5.74, 6) is 1.23. The molecule has 2 aromatic heterocycles. The molecule has 0 saturated heterocycles. The van der Waals surface area contributed by atoms with Gasteiger partial charge in [0, 0.05) is 11.1 Å². The topological polar surface area (TPSA) is 52.1 Å². The van der Waals surface area contributed by atoms with Crippen LogP contribution in [0.2, 0.25) is 0 Å². The molecule has 4 heteroatoms. The van der Waals surface area contributed by atoms with Crippen molar-refractivity contribution in [2.24, 2.45) is 0 Å². The van der Waals surface area contributed by atoms with E-state index in [4.69, 9.17) is 8.83 Å². The average molecular weight is 541 g/mol. The SMILES string of the molecule is c1ccc(-c2ccc3c(-c4ccc(-c5ncco5)cc4)c4ccccc4c(-c4ccc(-c5ncco5)cc4)c3c2)cc1. The Morgan fingerprint density at radius 1 is 0.357 bits per heavy atom. The van der Waals surface area contributed by atoms with Crippen LogP contribution in [-0.4, -0.2) is 9.97 Å². The third-order valence-electron chi connectivity index (χ3n) is 7.84. The molecule has 0 aliphatic carbocycles. The summed E-state index contributed by atoms with van der Waals surface area (Å²) in [4.78, 5) is 8.64. The van der Waals surface area contributed by atoms with Crippen LogP contribution in [0.1, 0.15) is 0 Å². The van der Waals surface area contributed by atoms with Gasteiger partial charge in [0.2, 0.25) is 11.8 Å². The minimum absolute atomic E-state index is 0.617.